The average molecular weight is 346 g/mol. The van der Waals surface area contributed by atoms with E-state index in [-0.39, 0.29) is 12.0 Å². The molecule has 0 saturated heterocycles. The monoisotopic (exact) mass is 346 g/mol. The highest BCUT2D eigenvalue weighted by Crippen LogP contribution is 2.31. The van der Waals surface area contributed by atoms with E-state index in [4.69, 9.17) is 9.47 Å². The second kappa shape index (κ2) is 8.56. The van der Waals surface area contributed by atoms with E-state index >= 15 is 0 Å². The number of hydrogen-bond donors (Lipinski definition) is 1. The molecule has 5 heteroatoms. The minimum absolute atomic E-state index is 0.0434. The van der Waals surface area contributed by atoms with Gasteiger partial charge < -0.3 is 14.8 Å². The topological polar surface area (TPSA) is 50.8 Å². The summed E-state index contributed by atoms with van der Waals surface area (Å²) >= 11 is 0. The van der Waals surface area contributed by atoms with Crippen LogP contribution in [0.5, 0.6) is 11.5 Å². The van der Waals surface area contributed by atoms with Gasteiger partial charge in [0.1, 0.15) is 12.7 Å². The van der Waals surface area contributed by atoms with Crippen molar-refractivity contribution in [2.75, 3.05) is 26.2 Å². The molecule has 1 aliphatic heterocycles. The van der Waals surface area contributed by atoms with Gasteiger partial charge in [0.2, 0.25) is 5.91 Å². The molecule has 1 unspecified atom stereocenters. The van der Waals surface area contributed by atoms with Gasteiger partial charge in [-0.2, -0.15) is 0 Å². The second-order valence-corrected chi connectivity index (χ2v) is 7.35. The number of carbonyl (C=O) groups is 1. The highest BCUT2D eigenvalue weighted by atomic mass is 16.6. The maximum Gasteiger partial charge on any atom is 0.234 e. The molecule has 1 aliphatic carbocycles. The Labute approximate surface area is 150 Å². The standard InChI is InChI=1S/C20H30N2O3/c1-3-22(13-20(23)21-16-10-8-15(2)9-11-16)12-17-14-24-18-6-4-5-7-19(18)25-17/h4-7,15-17H,3,8-14H2,1-2H3,(H,21,23). The number of ether oxygens (including phenoxy) is 2. The van der Waals surface area contributed by atoms with E-state index in [1.807, 2.05) is 24.3 Å². The third kappa shape index (κ3) is 5.11. The van der Waals surface area contributed by atoms with Crippen LogP contribution in [0.25, 0.3) is 0 Å². The minimum Gasteiger partial charge on any atom is -0.486 e. The Hall–Kier alpha value is -1.75. The van der Waals surface area contributed by atoms with Crippen molar-refractivity contribution in [2.45, 2.75) is 51.7 Å². The van der Waals surface area contributed by atoms with Crippen LogP contribution >= 0.6 is 0 Å². The van der Waals surface area contributed by atoms with Crippen molar-refractivity contribution in [3.8, 4) is 11.5 Å². The fourth-order valence-corrected chi connectivity index (χ4v) is 3.63. The van der Waals surface area contributed by atoms with Crippen LogP contribution in [-0.4, -0.2) is 49.2 Å². The van der Waals surface area contributed by atoms with Crippen LogP contribution in [0.15, 0.2) is 24.3 Å². The van der Waals surface area contributed by atoms with Crippen LogP contribution in [0, 0.1) is 5.92 Å². The van der Waals surface area contributed by atoms with E-state index < -0.39 is 0 Å². The summed E-state index contributed by atoms with van der Waals surface area (Å²) in [6, 6.07) is 8.08. The highest BCUT2D eigenvalue weighted by molar-refractivity contribution is 5.78. The summed E-state index contributed by atoms with van der Waals surface area (Å²) in [5.74, 6) is 2.51. The zero-order valence-corrected chi connectivity index (χ0v) is 15.4. The third-order valence-electron chi connectivity index (χ3n) is 5.22. The molecule has 0 aromatic heterocycles. The molecule has 1 saturated carbocycles. The van der Waals surface area contributed by atoms with Gasteiger partial charge in [-0.05, 0) is 50.3 Å². The van der Waals surface area contributed by atoms with Crippen molar-refractivity contribution in [1.29, 1.82) is 0 Å². The minimum atomic E-state index is -0.0434. The van der Waals surface area contributed by atoms with Crippen LogP contribution in [0.3, 0.4) is 0 Å². The molecule has 1 amide bonds. The first-order valence-corrected chi connectivity index (χ1v) is 9.54. The second-order valence-electron chi connectivity index (χ2n) is 7.35. The molecule has 1 atom stereocenters. The van der Waals surface area contributed by atoms with E-state index in [0.29, 0.717) is 25.7 Å². The molecule has 1 heterocycles. The van der Waals surface area contributed by atoms with Gasteiger partial charge in [0.05, 0.1) is 6.54 Å². The fraction of sp³-hybridized carbons (Fsp3) is 0.650. The third-order valence-corrected chi connectivity index (χ3v) is 5.22. The summed E-state index contributed by atoms with van der Waals surface area (Å²) in [6.45, 7) is 6.82. The van der Waals surface area contributed by atoms with E-state index in [9.17, 15) is 4.79 Å². The van der Waals surface area contributed by atoms with Gasteiger partial charge in [0.15, 0.2) is 11.5 Å². The fourth-order valence-electron chi connectivity index (χ4n) is 3.63. The molecule has 3 rings (SSSR count). The van der Waals surface area contributed by atoms with Gasteiger partial charge in [0, 0.05) is 12.6 Å². The molecular formula is C20H30N2O3. The van der Waals surface area contributed by atoms with Crippen LogP contribution in [0.4, 0.5) is 0 Å². The lowest BCUT2D eigenvalue weighted by Gasteiger charge is -2.31. The quantitative estimate of drug-likeness (QED) is 0.860. The van der Waals surface area contributed by atoms with Crippen LogP contribution in [0.1, 0.15) is 39.5 Å². The van der Waals surface area contributed by atoms with E-state index in [0.717, 1.165) is 36.8 Å². The van der Waals surface area contributed by atoms with E-state index in [1.54, 1.807) is 0 Å². The van der Waals surface area contributed by atoms with Gasteiger partial charge in [0.25, 0.3) is 0 Å². The molecule has 0 spiro atoms. The maximum atomic E-state index is 12.4. The van der Waals surface area contributed by atoms with Gasteiger partial charge in [-0.1, -0.05) is 26.0 Å². The molecule has 1 fully saturated rings. The number of rotatable bonds is 6. The van der Waals surface area contributed by atoms with Crippen molar-refractivity contribution in [3.05, 3.63) is 24.3 Å². The predicted octanol–water partition coefficient (Wildman–Crippen LogP) is 2.84. The molecule has 5 nitrogen and oxygen atoms in total. The summed E-state index contributed by atoms with van der Waals surface area (Å²) < 4.78 is 11.8. The maximum absolute atomic E-state index is 12.4. The zero-order valence-electron chi connectivity index (χ0n) is 15.4. The molecule has 0 radical (unpaired) electrons. The number of nitrogens with zero attached hydrogens (tertiary/aromatic N) is 1. The lowest BCUT2D eigenvalue weighted by Crippen LogP contribution is -2.47. The van der Waals surface area contributed by atoms with Crippen LogP contribution in [-0.2, 0) is 4.79 Å². The Kier molecular flexibility index (Phi) is 6.19. The molecule has 25 heavy (non-hydrogen) atoms. The number of likely N-dealkylation sites (N-methyl/N-ethyl adjacent to an activating group) is 1. The van der Waals surface area contributed by atoms with Gasteiger partial charge in [-0.25, -0.2) is 0 Å². The zero-order chi connectivity index (χ0) is 17.6. The van der Waals surface area contributed by atoms with Crippen molar-refractivity contribution < 1.29 is 14.3 Å². The number of nitrogens with one attached hydrogen (secondary N) is 1. The average Bonchev–Trinajstić information content (AvgIpc) is 2.63. The molecule has 1 aromatic rings. The Morgan fingerprint density at radius 2 is 1.92 bits per heavy atom. The summed E-state index contributed by atoms with van der Waals surface area (Å²) in [7, 11) is 0. The lowest BCUT2D eigenvalue weighted by molar-refractivity contribution is -0.123. The first-order valence-electron chi connectivity index (χ1n) is 9.54. The molecule has 1 N–H and O–H groups in total. The number of carbonyl (C=O) groups excluding carboxylic acids is 1. The lowest BCUT2D eigenvalue weighted by atomic mass is 9.87. The van der Waals surface area contributed by atoms with Crippen LogP contribution in [0.2, 0.25) is 0 Å². The summed E-state index contributed by atoms with van der Waals surface area (Å²) in [4.78, 5) is 14.5. The highest BCUT2D eigenvalue weighted by Gasteiger charge is 2.25. The van der Waals surface area contributed by atoms with Crippen molar-refractivity contribution >= 4 is 5.91 Å². The number of benzene rings is 1. The Morgan fingerprint density at radius 3 is 2.64 bits per heavy atom. The molecule has 138 valence electrons. The first kappa shape index (κ1) is 18.1. The van der Waals surface area contributed by atoms with Gasteiger partial charge in [-0.15, -0.1) is 0 Å². The Balaban J connectivity index is 1.45. The Morgan fingerprint density at radius 1 is 1.20 bits per heavy atom. The SMILES string of the molecule is CCN(CC(=O)NC1CCC(C)CC1)CC1COc2ccccc2O1. The number of para-hydroxylation sites is 2. The molecule has 2 aliphatic rings. The van der Waals surface area contributed by atoms with Crippen molar-refractivity contribution in [3.63, 3.8) is 0 Å². The van der Waals surface area contributed by atoms with Crippen LogP contribution < -0.4 is 14.8 Å². The van der Waals surface area contributed by atoms with Crippen molar-refractivity contribution in [2.24, 2.45) is 5.92 Å². The van der Waals surface area contributed by atoms with Gasteiger partial charge >= 0.3 is 0 Å². The molecular weight excluding hydrogens is 316 g/mol. The number of amides is 1. The van der Waals surface area contributed by atoms with E-state index in [2.05, 4.69) is 24.1 Å². The predicted molar refractivity (Wildman–Crippen MR) is 98.0 cm³/mol. The molecule has 1 aromatic carbocycles. The summed E-state index contributed by atoms with van der Waals surface area (Å²) in [5.41, 5.74) is 0. The number of fused-ring (bicyclic) bond motifs is 1. The van der Waals surface area contributed by atoms with Gasteiger partial charge in [-0.3, -0.25) is 9.69 Å². The van der Waals surface area contributed by atoms with Crippen molar-refractivity contribution in [1.82, 2.24) is 10.2 Å². The first-order chi connectivity index (χ1) is 12.1. The summed E-state index contributed by atoms with van der Waals surface area (Å²) in [6.07, 6.45) is 4.60. The van der Waals surface area contributed by atoms with E-state index in [1.165, 1.54) is 12.8 Å². The Bertz CT molecular complexity index is 570. The molecule has 0 bridgehead atoms. The number of hydrogen-bond acceptors (Lipinski definition) is 4. The smallest absolute Gasteiger partial charge is 0.234 e. The summed E-state index contributed by atoms with van der Waals surface area (Å²) in [5, 5.41) is 3.20. The largest absolute Gasteiger partial charge is 0.486 e. The normalized spacial score (nSPS) is 25.6.